The van der Waals surface area contributed by atoms with Crippen LogP contribution in [0.4, 0.5) is 11.4 Å². The Kier molecular flexibility index (Phi) is 12.0. The highest BCUT2D eigenvalue weighted by atomic mass is 16.3. The van der Waals surface area contributed by atoms with Gasteiger partial charge in [-0.2, -0.15) is 10.2 Å². The SMILES string of the molecule is CCCCCCCCCCCCNCc1cc(N=Nc2ccccc2)cc(-c2ccccc2)c1O. The van der Waals surface area contributed by atoms with Crippen molar-refractivity contribution in [2.24, 2.45) is 10.2 Å². The van der Waals surface area contributed by atoms with Gasteiger partial charge in [0, 0.05) is 17.7 Å². The Morgan fingerprint density at radius 3 is 1.89 bits per heavy atom. The van der Waals surface area contributed by atoms with Gasteiger partial charge in [-0.1, -0.05) is 113 Å². The lowest BCUT2D eigenvalue weighted by molar-refractivity contribution is 0.465. The van der Waals surface area contributed by atoms with Crippen molar-refractivity contribution < 1.29 is 5.11 Å². The summed E-state index contributed by atoms with van der Waals surface area (Å²) >= 11 is 0. The number of hydrogen-bond donors (Lipinski definition) is 2. The van der Waals surface area contributed by atoms with Crippen LogP contribution in [0.25, 0.3) is 11.1 Å². The molecule has 35 heavy (non-hydrogen) atoms. The molecule has 0 saturated heterocycles. The molecule has 3 aromatic carbocycles. The standard InChI is InChI=1S/C31H41N3O/c1-2-3-4-5-6-7-8-9-10-17-22-32-25-27-23-29(34-33-28-20-15-12-16-21-28)24-30(31(27)35)26-18-13-11-14-19-26/h11-16,18-21,23-24,32,35H,2-10,17,22,25H2,1H3. The van der Waals surface area contributed by atoms with Gasteiger partial charge in [0.15, 0.2) is 0 Å². The second-order valence-electron chi connectivity index (χ2n) is 9.26. The zero-order chi connectivity index (χ0) is 24.6. The fourth-order valence-electron chi connectivity index (χ4n) is 4.28. The van der Waals surface area contributed by atoms with Crippen LogP contribution in [-0.2, 0) is 6.54 Å². The maximum atomic E-state index is 11.0. The predicted molar refractivity (Wildman–Crippen MR) is 148 cm³/mol. The van der Waals surface area contributed by atoms with Gasteiger partial charge in [0.1, 0.15) is 5.75 Å². The molecule has 0 aliphatic heterocycles. The molecule has 4 heteroatoms. The molecule has 0 saturated carbocycles. The first-order chi connectivity index (χ1) is 17.3. The Balaban J connectivity index is 1.53. The molecule has 0 spiro atoms. The lowest BCUT2D eigenvalue weighted by Gasteiger charge is -2.12. The minimum Gasteiger partial charge on any atom is -0.507 e. The second-order valence-corrected chi connectivity index (χ2v) is 9.26. The normalized spacial score (nSPS) is 11.3. The van der Waals surface area contributed by atoms with E-state index in [9.17, 15) is 5.11 Å². The van der Waals surface area contributed by atoms with Crippen molar-refractivity contribution in [1.29, 1.82) is 0 Å². The number of nitrogens with zero attached hydrogens (tertiary/aromatic N) is 2. The highest BCUT2D eigenvalue weighted by molar-refractivity contribution is 5.75. The second kappa shape index (κ2) is 15.8. The van der Waals surface area contributed by atoms with E-state index in [1.807, 2.05) is 72.8 Å². The molecular weight excluding hydrogens is 430 g/mol. The van der Waals surface area contributed by atoms with E-state index in [0.29, 0.717) is 12.3 Å². The molecule has 0 atom stereocenters. The average Bonchev–Trinajstić information content (AvgIpc) is 2.90. The van der Waals surface area contributed by atoms with Crippen molar-refractivity contribution in [2.75, 3.05) is 6.54 Å². The van der Waals surface area contributed by atoms with Crippen molar-refractivity contribution in [3.63, 3.8) is 0 Å². The third kappa shape index (κ3) is 9.65. The molecule has 0 aromatic heterocycles. The van der Waals surface area contributed by atoms with Gasteiger partial charge in [0.2, 0.25) is 0 Å². The number of hydrogen-bond acceptors (Lipinski definition) is 4. The van der Waals surface area contributed by atoms with Crippen molar-refractivity contribution in [3.05, 3.63) is 78.4 Å². The third-order valence-electron chi connectivity index (χ3n) is 6.32. The van der Waals surface area contributed by atoms with Gasteiger partial charge in [-0.25, -0.2) is 0 Å². The summed E-state index contributed by atoms with van der Waals surface area (Å²) in [6.45, 7) is 3.83. The third-order valence-corrected chi connectivity index (χ3v) is 6.32. The first-order valence-corrected chi connectivity index (χ1v) is 13.4. The summed E-state index contributed by atoms with van der Waals surface area (Å²) in [6, 6.07) is 23.5. The van der Waals surface area contributed by atoms with Crippen LogP contribution in [0, 0.1) is 0 Å². The molecule has 2 N–H and O–H groups in total. The van der Waals surface area contributed by atoms with Gasteiger partial charge in [-0.15, -0.1) is 0 Å². The number of nitrogens with one attached hydrogen (secondary N) is 1. The molecule has 0 radical (unpaired) electrons. The van der Waals surface area contributed by atoms with Gasteiger partial charge in [-0.3, -0.25) is 0 Å². The molecule has 0 bridgehead atoms. The maximum Gasteiger partial charge on any atom is 0.128 e. The molecule has 4 nitrogen and oxygen atoms in total. The molecule has 186 valence electrons. The number of phenols is 1. The summed E-state index contributed by atoms with van der Waals surface area (Å²) in [6.07, 6.45) is 13.3. The molecule has 3 aromatic rings. The Bertz CT molecular complexity index is 1000. The summed E-state index contributed by atoms with van der Waals surface area (Å²) in [7, 11) is 0. The van der Waals surface area contributed by atoms with E-state index in [1.165, 1.54) is 57.8 Å². The van der Waals surface area contributed by atoms with Gasteiger partial charge >= 0.3 is 0 Å². The molecule has 0 aliphatic rings. The fraction of sp³-hybridized carbons (Fsp3) is 0.419. The van der Waals surface area contributed by atoms with E-state index in [0.717, 1.165) is 41.0 Å². The summed E-state index contributed by atoms with van der Waals surface area (Å²) in [5.41, 5.74) is 4.15. The number of phenolic OH excluding ortho intramolecular Hbond substituents is 1. The van der Waals surface area contributed by atoms with E-state index >= 15 is 0 Å². The largest absolute Gasteiger partial charge is 0.507 e. The summed E-state index contributed by atoms with van der Waals surface area (Å²) < 4.78 is 0. The molecule has 0 fully saturated rings. The number of benzene rings is 3. The van der Waals surface area contributed by atoms with Crippen molar-refractivity contribution in [2.45, 2.75) is 77.7 Å². The quantitative estimate of drug-likeness (QED) is 0.161. The summed E-state index contributed by atoms with van der Waals surface area (Å²) in [5, 5.41) is 23.4. The first kappa shape index (κ1) is 26.6. The maximum absolute atomic E-state index is 11.0. The average molecular weight is 472 g/mol. The van der Waals surface area contributed by atoms with Crippen LogP contribution in [0.5, 0.6) is 5.75 Å². The Labute approximate surface area is 211 Å². The Morgan fingerprint density at radius 2 is 1.23 bits per heavy atom. The zero-order valence-corrected chi connectivity index (χ0v) is 21.3. The van der Waals surface area contributed by atoms with Crippen LogP contribution in [-0.4, -0.2) is 11.7 Å². The van der Waals surface area contributed by atoms with Crippen molar-refractivity contribution in [3.8, 4) is 16.9 Å². The number of unbranched alkanes of at least 4 members (excludes halogenated alkanes) is 9. The van der Waals surface area contributed by atoms with Crippen LogP contribution in [0.1, 0.15) is 76.7 Å². The fourth-order valence-corrected chi connectivity index (χ4v) is 4.28. The van der Waals surface area contributed by atoms with Gasteiger partial charge in [0.25, 0.3) is 0 Å². The van der Waals surface area contributed by atoms with E-state index in [-0.39, 0.29) is 0 Å². The smallest absolute Gasteiger partial charge is 0.128 e. The van der Waals surface area contributed by atoms with Crippen LogP contribution in [0.2, 0.25) is 0 Å². The van der Waals surface area contributed by atoms with Crippen LogP contribution < -0.4 is 5.32 Å². The lowest BCUT2D eigenvalue weighted by atomic mass is 10.00. The monoisotopic (exact) mass is 471 g/mol. The molecule has 0 amide bonds. The molecular formula is C31H41N3O. The predicted octanol–water partition coefficient (Wildman–Crippen LogP) is 9.49. The molecule has 0 heterocycles. The minimum absolute atomic E-state index is 0.311. The number of azo groups is 1. The lowest BCUT2D eigenvalue weighted by Crippen LogP contribution is -2.14. The van der Waals surface area contributed by atoms with E-state index in [1.54, 1.807) is 0 Å². The minimum atomic E-state index is 0.311. The molecule has 0 aliphatic carbocycles. The number of aromatic hydroxyl groups is 1. The topological polar surface area (TPSA) is 57.0 Å². The van der Waals surface area contributed by atoms with Crippen LogP contribution >= 0.6 is 0 Å². The highest BCUT2D eigenvalue weighted by Crippen LogP contribution is 2.36. The zero-order valence-electron chi connectivity index (χ0n) is 21.3. The van der Waals surface area contributed by atoms with Crippen LogP contribution in [0.15, 0.2) is 83.0 Å². The van der Waals surface area contributed by atoms with Gasteiger partial charge in [-0.05, 0) is 42.8 Å². The van der Waals surface area contributed by atoms with E-state index in [2.05, 4.69) is 22.5 Å². The molecule has 0 unspecified atom stereocenters. The summed E-state index contributed by atoms with van der Waals surface area (Å²) in [4.78, 5) is 0. The van der Waals surface area contributed by atoms with Crippen molar-refractivity contribution >= 4 is 11.4 Å². The molecule has 3 rings (SSSR count). The Morgan fingerprint density at radius 1 is 0.657 bits per heavy atom. The Hall–Kier alpha value is -2.98. The first-order valence-electron chi connectivity index (χ1n) is 13.4. The summed E-state index contributed by atoms with van der Waals surface area (Å²) in [5.74, 6) is 0.311. The number of rotatable bonds is 16. The van der Waals surface area contributed by atoms with Crippen molar-refractivity contribution in [1.82, 2.24) is 5.32 Å². The van der Waals surface area contributed by atoms with E-state index < -0.39 is 0 Å². The van der Waals surface area contributed by atoms with Gasteiger partial charge < -0.3 is 10.4 Å². The van der Waals surface area contributed by atoms with Crippen LogP contribution in [0.3, 0.4) is 0 Å². The van der Waals surface area contributed by atoms with Gasteiger partial charge in [0.05, 0.1) is 11.4 Å². The van der Waals surface area contributed by atoms with E-state index in [4.69, 9.17) is 0 Å². The highest BCUT2D eigenvalue weighted by Gasteiger charge is 2.12.